The van der Waals surface area contributed by atoms with Crippen LogP contribution < -0.4 is 5.32 Å². The third-order valence-electron chi connectivity index (χ3n) is 3.17. The first-order chi connectivity index (χ1) is 7.22. The average Bonchev–Trinajstić information content (AvgIpc) is 2.73. The van der Waals surface area contributed by atoms with Crippen molar-refractivity contribution >= 4 is 0 Å². The summed E-state index contributed by atoms with van der Waals surface area (Å²) in [6.07, 6.45) is 3.78. The molecule has 1 saturated carbocycles. The summed E-state index contributed by atoms with van der Waals surface area (Å²) in [5.41, 5.74) is 0. The molecule has 1 fully saturated rings. The summed E-state index contributed by atoms with van der Waals surface area (Å²) in [6, 6.07) is 1.08. The zero-order valence-electron chi connectivity index (χ0n) is 9.82. The average molecular weight is 208 g/mol. The molecule has 15 heavy (non-hydrogen) atoms. The van der Waals surface area contributed by atoms with Crippen LogP contribution in [-0.4, -0.2) is 27.4 Å². The van der Waals surface area contributed by atoms with Gasteiger partial charge in [0.25, 0.3) is 0 Å². The summed E-state index contributed by atoms with van der Waals surface area (Å²) in [7, 11) is 0. The molecular formula is C11H20N4. The molecule has 1 aromatic rings. The Bertz CT molecular complexity index is 331. The van der Waals surface area contributed by atoms with Gasteiger partial charge >= 0.3 is 0 Å². The van der Waals surface area contributed by atoms with Gasteiger partial charge in [0.1, 0.15) is 11.6 Å². The largest absolute Gasteiger partial charge is 0.312 e. The third-order valence-corrected chi connectivity index (χ3v) is 3.17. The lowest BCUT2D eigenvalue weighted by Gasteiger charge is -2.21. The highest BCUT2D eigenvalue weighted by atomic mass is 15.4. The Balaban J connectivity index is 2.18. The number of rotatable bonds is 3. The standard InChI is InChI=1S/C11H20N4/c1-4-12-10-6-5-7-11(10)15-9(3)13-8(2)14-15/h10-12H,4-7H2,1-3H3. The van der Waals surface area contributed by atoms with E-state index in [1.54, 1.807) is 0 Å². The summed E-state index contributed by atoms with van der Waals surface area (Å²) in [5.74, 6) is 1.93. The molecule has 0 saturated heterocycles. The smallest absolute Gasteiger partial charge is 0.147 e. The molecule has 2 rings (SSSR count). The fraction of sp³-hybridized carbons (Fsp3) is 0.818. The van der Waals surface area contributed by atoms with Crippen molar-refractivity contribution in [3.05, 3.63) is 11.6 Å². The molecule has 1 N–H and O–H groups in total. The van der Waals surface area contributed by atoms with Crippen molar-refractivity contribution in [3.63, 3.8) is 0 Å². The van der Waals surface area contributed by atoms with Crippen LogP contribution >= 0.6 is 0 Å². The molecule has 0 amide bonds. The Morgan fingerprint density at radius 2 is 2.20 bits per heavy atom. The van der Waals surface area contributed by atoms with Gasteiger partial charge in [0.15, 0.2) is 0 Å². The van der Waals surface area contributed by atoms with Crippen LogP contribution in [0, 0.1) is 13.8 Å². The van der Waals surface area contributed by atoms with Gasteiger partial charge in [-0.15, -0.1) is 0 Å². The maximum Gasteiger partial charge on any atom is 0.147 e. The number of nitrogens with zero attached hydrogens (tertiary/aromatic N) is 3. The van der Waals surface area contributed by atoms with Crippen molar-refractivity contribution in [1.82, 2.24) is 20.1 Å². The maximum absolute atomic E-state index is 4.49. The van der Waals surface area contributed by atoms with E-state index >= 15 is 0 Å². The van der Waals surface area contributed by atoms with E-state index in [0.717, 1.165) is 18.2 Å². The van der Waals surface area contributed by atoms with Gasteiger partial charge in [-0.25, -0.2) is 9.67 Å². The molecule has 1 heterocycles. The minimum atomic E-state index is 0.506. The molecule has 4 heteroatoms. The van der Waals surface area contributed by atoms with E-state index in [4.69, 9.17) is 0 Å². The lowest BCUT2D eigenvalue weighted by molar-refractivity contribution is 0.363. The first-order valence-electron chi connectivity index (χ1n) is 5.85. The van der Waals surface area contributed by atoms with Gasteiger partial charge in [-0.3, -0.25) is 0 Å². The number of hydrogen-bond acceptors (Lipinski definition) is 3. The molecule has 0 spiro atoms. The monoisotopic (exact) mass is 208 g/mol. The Labute approximate surface area is 91.1 Å². The quantitative estimate of drug-likeness (QED) is 0.820. The van der Waals surface area contributed by atoms with Crippen LogP contribution in [0.25, 0.3) is 0 Å². The SMILES string of the molecule is CCNC1CCCC1n1nc(C)nc1C. The van der Waals surface area contributed by atoms with Crippen LogP contribution in [0.2, 0.25) is 0 Å². The molecule has 1 aliphatic rings. The topological polar surface area (TPSA) is 42.7 Å². The van der Waals surface area contributed by atoms with E-state index in [1.807, 2.05) is 13.8 Å². The van der Waals surface area contributed by atoms with Crippen LogP contribution in [0.4, 0.5) is 0 Å². The van der Waals surface area contributed by atoms with Crippen LogP contribution in [0.15, 0.2) is 0 Å². The molecule has 0 radical (unpaired) electrons. The van der Waals surface area contributed by atoms with E-state index < -0.39 is 0 Å². The van der Waals surface area contributed by atoms with Gasteiger partial charge in [0, 0.05) is 6.04 Å². The van der Waals surface area contributed by atoms with Gasteiger partial charge in [-0.2, -0.15) is 5.10 Å². The van der Waals surface area contributed by atoms with Gasteiger partial charge in [0.2, 0.25) is 0 Å². The molecule has 1 aromatic heterocycles. The van der Waals surface area contributed by atoms with E-state index in [0.29, 0.717) is 12.1 Å². The minimum absolute atomic E-state index is 0.506. The summed E-state index contributed by atoms with van der Waals surface area (Å²) in [5, 5.41) is 8.03. The zero-order chi connectivity index (χ0) is 10.8. The second kappa shape index (κ2) is 4.31. The van der Waals surface area contributed by atoms with Crippen molar-refractivity contribution in [2.24, 2.45) is 0 Å². The second-order valence-electron chi connectivity index (χ2n) is 4.31. The van der Waals surface area contributed by atoms with Gasteiger partial charge in [-0.1, -0.05) is 6.92 Å². The number of likely N-dealkylation sites (N-methyl/N-ethyl adjacent to an activating group) is 1. The highest BCUT2D eigenvalue weighted by molar-refractivity contribution is 4.95. The fourth-order valence-corrected chi connectivity index (χ4v) is 2.58. The number of aryl methyl sites for hydroxylation is 2. The van der Waals surface area contributed by atoms with Crippen LogP contribution in [0.3, 0.4) is 0 Å². The highest BCUT2D eigenvalue weighted by Gasteiger charge is 2.29. The predicted octanol–water partition coefficient (Wildman–Crippen LogP) is 1.60. The van der Waals surface area contributed by atoms with Crippen molar-refractivity contribution in [2.45, 2.75) is 52.1 Å². The van der Waals surface area contributed by atoms with E-state index in [2.05, 4.69) is 27.0 Å². The van der Waals surface area contributed by atoms with Crippen molar-refractivity contribution < 1.29 is 0 Å². The summed E-state index contributed by atoms with van der Waals surface area (Å²) >= 11 is 0. The van der Waals surface area contributed by atoms with Gasteiger partial charge in [0.05, 0.1) is 6.04 Å². The molecule has 0 aromatic carbocycles. The first kappa shape index (κ1) is 10.6. The second-order valence-corrected chi connectivity index (χ2v) is 4.31. The molecular weight excluding hydrogens is 188 g/mol. The van der Waals surface area contributed by atoms with E-state index in [-0.39, 0.29) is 0 Å². The Kier molecular flexibility index (Phi) is 3.05. The normalized spacial score (nSPS) is 26.1. The van der Waals surface area contributed by atoms with Crippen molar-refractivity contribution in [2.75, 3.05) is 6.54 Å². The van der Waals surface area contributed by atoms with Crippen LogP contribution in [-0.2, 0) is 0 Å². The number of aromatic nitrogens is 3. The predicted molar refractivity (Wildman–Crippen MR) is 59.8 cm³/mol. The molecule has 2 atom stereocenters. The molecule has 0 aliphatic heterocycles. The van der Waals surface area contributed by atoms with Gasteiger partial charge < -0.3 is 5.32 Å². The highest BCUT2D eigenvalue weighted by Crippen LogP contribution is 2.30. The summed E-state index contributed by atoms with van der Waals surface area (Å²) in [6.45, 7) is 7.20. The lowest BCUT2D eigenvalue weighted by atomic mass is 10.2. The molecule has 0 bridgehead atoms. The van der Waals surface area contributed by atoms with E-state index in [9.17, 15) is 0 Å². The van der Waals surface area contributed by atoms with Crippen molar-refractivity contribution in [1.29, 1.82) is 0 Å². The molecule has 4 nitrogen and oxygen atoms in total. The molecule has 84 valence electrons. The van der Waals surface area contributed by atoms with E-state index in [1.165, 1.54) is 19.3 Å². The lowest BCUT2D eigenvalue weighted by Crippen LogP contribution is -2.34. The fourth-order valence-electron chi connectivity index (χ4n) is 2.58. The molecule has 2 unspecified atom stereocenters. The molecule has 1 aliphatic carbocycles. The van der Waals surface area contributed by atoms with Gasteiger partial charge in [-0.05, 0) is 39.7 Å². The first-order valence-corrected chi connectivity index (χ1v) is 5.85. The summed E-state index contributed by atoms with van der Waals surface area (Å²) in [4.78, 5) is 4.37. The Morgan fingerprint density at radius 3 is 2.80 bits per heavy atom. The van der Waals surface area contributed by atoms with Crippen LogP contribution in [0.5, 0.6) is 0 Å². The number of hydrogen-bond donors (Lipinski definition) is 1. The van der Waals surface area contributed by atoms with Crippen LogP contribution in [0.1, 0.15) is 43.9 Å². The Hall–Kier alpha value is -0.900. The Morgan fingerprint density at radius 1 is 1.40 bits per heavy atom. The summed E-state index contributed by atoms with van der Waals surface area (Å²) < 4.78 is 2.11. The minimum Gasteiger partial charge on any atom is -0.312 e. The number of nitrogens with one attached hydrogen (secondary N) is 1. The maximum atomic E-state index is 4.49. The zero-order valence-corrected chi connectivity index (χ0v) is 9.82. The third kappa shape index (κ3) is 2.04. The van der Waals surface area contributed by atoms with Crippen molar-refractivity contribution in [3.8, 4) is 0 Å².